The standard InChI is InChI=1S/C30H33ClN4O4/c1-21(2)35(30(38)23-4-8-24(31)9-5-23)20-28(36)32-25-10-12-26(13-11-25)33-16-18-34(19-17-33)29(37)22-6-14-27(39-3)15-7-22/h4-15,21H,16-20H2,1-3H3,(H,32,36). The molecule has 8 nitrogen and oxygen atoms in total. The van der Waals surface area contributed by atoms with Gasteiger partial charge in [0.05, 0.1) is 7.11 Å². The van der Waals surface area contributed by atoms with Crippen LogP contribution in [0, 0.1) is 0 Å². The average Bonchev–Trinajstić information content (AvgIpc) is 2.96. The van der Waals surface area contributed by atoms with Crippen LogP contribution in [0.3, 0.4) is 0 Å². The number of ether oxygens (including phenoxy) is 1. The Morgan fingerprint density at radius 1 is 0.872 bits per heavy atom. The van der Waals surface area contributed by atoms with E-state index < -0.39 is 0 Å². The Morgan fingerprint density at radius 2 is 1.46 bits per heavy atom. The number of carbonyl (C=O) groups is 3. The average molecular weight is 549 g/mol. The summed E-state index contributed by atoms with van der Waals surface area (Å²) in [6, 6.07) is 21.2. The van der Waals surface area contributed by atoms with Crippen LogP contribution in [0.2, 0.25) is 5.02 Å². The zero-order valence-electron chi connectivity index (χ0n) is 22.4. The lowest BCUT2D eigenvalue weighted by Gasteiger charge is -2.36. The minimum Gasteiger partial charge on any atom is -0.497 e. The maximum Gasteiger partial charge on any atom is 0.254 e. The molecule has 3 amide bonds. The second-order valence-electron chi connectivity index (χ2n) is 9.64. The van der Waals surface area contributed by atoms with Crippen LogP contribution in [0.4, 0.5) is 11.4 Å². The first-order valence-electron chi connectivity index (χ1n) is 12.9. The minimum atomic E-state index is -0.274. The summed E-state index contributed by atoms with van der Waals surface area (Å²) in [4.78, 5) is 44.2. The first-order chi connectivity index (χ1) is 18.7. The number of hydrogen-bond acceptors (Lipinski definition) is 5. The van der Waals surface area contributed by atoms with Gasteiger partial charge in [-0.1, -0.05) is 11.6 Å². The second kappa shape index (κ2) is 12.7. The lowest BCUT2D eigenvalue weighted by Crippen LogP contribution is -2.48. The molecule has 1 aliphatic heterocycles. The number of nitrogens with one attached hydrogen (secondary N) is 1. The molecule has 1 saturated heterocycles. The van der Waals surface area contributed by atoms with Crippen LogP contribution in [0.5, 0.6) is 5.75 Å². The predicted molar refractivity (Wildman–Crippen MR) is 154 cm³/mol. The van der Waals surface area contributed by atoms with Gasteiger partial charge in [0.2, 0.25) is 5.91 Å². The Kier molecular flexibility index (Phi) is 9.09. The van der Waals surface area contributed by atoms with E-state index in [2.05, 4.69) is 10.2 Å². The van der Waals surface area contributed by atoms with Gasteiger partial charge in [0.25, 0.3) is 11.8 Å². The van der Waals surface area contributed by atoms with Crippen molar-refractivity contribution in [2.75, 3.05) is 50.1 Å². The van der Waals surface area contributed by atoms with E-state index in [0.717, 1.165) is 11.4 Å². The highest BCUT2D eigenvalue weighted by molar-refractivity contribution is 6.30. The third kappa shape index (κ3) is 7.09. The molecule has 1 aliphatic rings. The summed E-state index contributed by atoms with van der Waals surface area (Å²) in [5.41, 5.74) is 2.80. The molecule has 1 N–H and O–H groups in total. The Labute approximate surface area is 234 Å². The second-order valence-corrected chi connectivity index (χ2v) is 10.1. The van der Waals surface area contributed by atoms with Crippen molar-refractivity contribution in [3.8, 4) is 5.75 Å². The van der Waals surface area contributed by atoms with Gasteiger partial charge < -0.3 is 24.8 Å². The molecule has 204 valence electrons. The third-order valence-corrected chi connectivity index (χ3v) is 6.96. The van der Waals surface area contributed by atoms with E-state index in [1.54, 1.807) is 55.6 Å². The number of carbonyl (C=O) groups excluding carboxylic acids is 3. The summed E-state index contributed by atoms with van der Waals surface area (Å²) >= 11 is 5.93. The summed E-state index contributed by atoms with van der Waals surface area (Å²) in [6.07, 6.45) is 0. The molecule has 9 heteroatoms. The fourth-order valence-electron chi connectivity index (χ4n) is 4.44. The molecule has 0 saturated carbocycles. The number of methoxy groups -OCH3 is 1. The van der Waals surface area contributed by atoms with Crippen LogP contribution in [-0.4, -0.2) is 73.4 Å². The van der Waals surface area contributed by atoms with Crippen molar-refractivity contribution in [2.45, 2.75) is 19.9 Å². The molecule has 0 aliphatic carbocycles. The zero-order valence-corrected chi connectivity index (χ0v) is 23.1. The van der Waals surface area contributed by atoms with Gasteiger partial charge in [-0.2, -0.15) is 0 Å². The maximum atomic E-state index is 12.9. The topological polar surface area (TPSA) is 82.2 Å². The molecular weight excluding hydrogens is 516 g/mol. The number of nitrogens with zero attached hydrogens (tertiary/aromatic N) is 3. The van der Waals surface area contributed by atoms with Crippen molar-refractivity contribution in [3.63, 3.8) is 0 Å². The number of halogens is 1. The number of piperazine rings is 1. The molecule has 0 radical (unpaired) electrons. The summed E-state index contributed by atoms with van der Waals surface area (Å²) in [5.74, 6) is 0.237. The van der Waals surface area contributed by atoms with E-state index in [0.29, 0.717) is 48.0 Å². The van der Waals surface area contributed by atoms with Gasteiger partial charge in [0, 0.05) is 59.7 Å². The molecule has 0 atom stereocenters. The molecule has 1 fully saturated rings. The first kappa shape index (κ1) is 28.0. The smallest absolute Gasteiger partial charge is 0.254 e. The van der Waals surface area contributed by atoms with E-state index >= 15 is 0 Å². The summed E-state index contributed by atoms with van der Waals surface area (Å²) in [5, 5.41) is 3.44. The third-order valence-electron chi connectivity index (χ3n) is 6.71. The van der Waals surface area contributed by atoms with Crippen molar-refractivity contribution in [1.29, 1.82) is 0 Å². The number of amides is 3. The van der Waals surface area contributed by atoms with Crippen molar-refractivity contribution in [1.82, 2.24) is 9.80 Å². The predicted octanol–water partition coefficient (Wildman–Crippen LogP) is 4.80. The van der Waals surface area contributed by atoms with Gasteiger partial charge in [0.1, 0.15) is 12.3 Å². The number of hydrogen-bond donors (Lipinski definition) is 1. The first-order valence-corrected chi connectivity index (χ1v) is 13.3. The normalized spacial score (nSPS) is 13.3. The van der Waals surface area contributed by atoms with Gasteiger partial charge in [-0.15, -0.1) is 0 Å². The molecule has 0 spiro atoms. The van der Waals surface area contributed by atoms with Crippen LogP contribution < -0.4 is 15.0 Å². The number of rotatable bonds is 8. The molecular formula is C30H33ClN4O4. The summed E-state index contributed by atoms with van der Waals surface area (Å²) in [6.45, 7) is 6.35. The van der Waals surface area contributed by atoms with Crippen LogP contribution in [0.25, 0.3) is 0 Å². The lowest BCUT2D eigenvalue weighted by atomic mass is 10.1. The van der Waals surface area contributed by atoms with Crippen molar-refractivity contribution < 1.29 is 19.1 Å². The van der Waals surface area contributed by atoms with Gasteiger partial charge in [-0.3, -0.25) is 14.4 Å². The molecule has 4 rings (SSSR count). The van der Waals surface area contributed by atoms with E-state index in [9.17, 15) is 14.4 Å². The Balaban J connectivity index is 1.30. The fourth-order valence-corrected chi connectivity index (χ4v) is 4.57. The highest BCUT2D eigenvalue weighted by Gasteiger charge is 2.23. The van der Waals surface area contributed by atoms with Crippen molar-refractivity contribution in [3.05, 3.63) is 88.9 Å². The summed E-state index contributed by atoms with van der Waals surface area (Å²) in [7, 11) is 1.60. The number of benzene rings is 3. The minimum absolute atomic E-state index is 0.0142. The van der Waals surface area contributed by atoms with Gasteiger partial charge in [-0.25, -0.2) is 0 Å². The van der Waals surface area contributed by atoms with Gasteiger partial charge >= 0.3 is 0 Å². The largest absolute Gasteiger partial charge is 0.497 e. The van der Waals surface area contributed by atoms with Gasteiger partial charge in [0.15, 0.2) is 0 Å². The fraction of sp³-hybridized carbons (Fsp3) is 0.300. The van der Waals surface area contributed by atoms with Crippen LogP contribution in [-0.2, 0) is 4.79 Å². The van der Waals surface area contributed by atoms with Crippen LogP contribution in [0.1, 0.15) is 34.6 Å². The van der Waals surface area contributed by atoms with Crippen molar-refractivity contribution in [2.24, 2.45) is 0 Å². The molecule has 0 aromatic heterocycles. The Bertz CT molecular complexity index is 1290. The molecule has 3 aromatic rings. The van der Waals surface area contributed by atoms with Gasteiger partial charge in [-0.05, 0) is 86.6 Å². The monoisotopic (exact) mass is 548 g/mol. The highest BCUT2D eigenvalue weighted by Crippen LogP contribution is 2.21. The maximum absolute atomic E-state index is 12.9. The van der Waals surface area contributed by atoms with Crippen molar-refractivity contribution >= 4 is 40.7 Å². The van der Waals surface area contributed by atoms with Crippen LogP contribution >= 0.6 is 11.6 Å². The molecule has 3 aromatic carbocycles. The Hall–Kier alpha value is -4.04. The van der Waals surface area contributed by atoms with E-state index in [-0.39, 0.29) is 30.3 Å². The van der Waals surface area contributed by atoms with E-state index in [4.69, 9.17) is 16.3 Å². The van der Waals surface area contributed by atoms with E-state index in [1.807, 2.05) is 43.0 Å². The molecule has 1 heterocycles. The van der Waals surface area contributed by atoms with E-state index in [1.165, 1.54) is 4.90 Å². The molecule has 0 unspecified atom stereocenters. The lowest BCUT2D eigenvalue weighted by molar-refractivity contribution is -0.117. The number of anilines is 2. The van der Waals surface area contributed by atoms with Crippen LogP contribution in [0.15, 0.2) is 72.8 Å². The quantitative estimate of drug-likeness (QED) is 0.437. The SMILES string of the molecule is COc1ccc(C(=O)N2CCN(c3ccc(NC(=O)CN(C(=O)c4ccc(Cl)cc4)C(C)C)cc3)CC2)cc1. The molecule has 39 heavy (non-hydrogen) atoms. The highest BCUT2D eigenvalue weighted by atomic mass is 35.5. The zero-order chi connectivity index (χ0) is 27.9. The summed E-state index contributed by atoms with van der Waals surface area (Å²) < 4.78 is 5.17. The Morgan fingerprint density at radius 3 is 2.03 bits per heavy atom. The molecule has 0 bridgehead atoms.